The summed E-state index contributed by atoms with van der Waals surface area (Å²) in [5.41, 5.74) is -1.11. The topological polar surface area (TPSA) is 55.1 Å². The van der Waals surface area contributed by atoms with Crippen LogP contribution in [0.5, 0.6) is 0 Å². The molecule has 1 aliphatic carbocycles. The van der Waals surface area contributed by atoms with Crippen molar-refractivity contribution in [2.24, 2.45) is 11.8 Å². The summed E-state index contributed by atoms with van der Waals surface area (Å²) in [6.07, 6.45) is -2.22. The van der Waals surface area contributed by atoms with Gasteiger partial charge >= 0.3 is 5.97 Å². The molecule has 0 aromatic carbocycles. The summed E-state index contributed by atoms with van der Waals surface area (Å²) in [6.45, 7) is 1.79. The molecular formula is C12H14F4N2O2. The molecule has 0 unspecified atom stereocenters. The van der Waals surface area contributed by atoms with Gasteiger partial charge in [0.05, 0.1) is 0 Å². The van der Waals surface area contributed by atoms with Crippen LogP contribution in [0.3, 0.4) is 0 Å². The van der Waals surface area contributed by atoms with Crippen LogP contribution in [0.1, 0.15) is 35.1 Å². The molecule has 8 heteroatoms. The number of alkyl halides is 4. The highest BCUT2D eigenvalue weighted by Gasteiger charge is 2.45. The van der Waals surface area contributed by atoms with E-state index in [1.807, 2.05) is 0 Å². The number of carboxylic acid groups (broad SMARTS) is 1. The van der Waals surface area contributed by atoms with Crippen LogP contribution in [-0.4, -0.2) is 27.3 Å². The first-order valence-electron chi connectivity index (χ1n) is 6.10. The van der Waals surface area contributed by atoms with Gasteiger partial charge in [-0.3, -0.25) is 4.68 Å². The molecule has 2 atom stereocenters. The quantitative estimate of drug-likeness (QED) is 0.850. The summed E-state index contributed by atoms with van der Waals surface area (Å²) < 4.78 is 52.5. The second kappa shape index (κ2) is 4.75. The number of aromatic carboxylic acids is 1. The smallest absolute Gasteiger partial charge is 0.354 e. The molecule has 20 heavy (non-hydrogen) atoms. The van der Waals surface area contributed by atoms with E-state index in [1.54, 1.807) is 0 Å². The van der Waals surface area contributed by atoms with E-state index < -0.39 is 35.8 Å². The minimum Gasteiger partial charge on any atom is -0.477 e. The number of hydrogen-bond donors (Lipinski definition) is 1. The Kier molecular flexibility index (Phi) is 3.51. The molecule has 1 saturated carbocycles. The Morgan fingerprint density at radius 3 is 2.55 bits per heavy atom. The van der Waals surface area contributed by atoms with Crippen LogP contribution in [0, 0.1) is 18.8 Å². The third-order valence-electron chi connectivity index (χ3n) is 3.52. The molecule has 0 bridgehead atoms. The summed E-state index contributed by atoms with van der Waals surface area (Å²) >= 11 is 0. The molecule has 0 spiro atoms. The average Bonchev–Trinajstić information content (AvgIpc) is 2.94. The zero-order valence-electron chi connectivity index (χ0n) is 10.9. The highest BCUT2D eigenvalue weighted by atomic mass is 19.3. The van der Waals surface area contributed by atoms with Crippen molar-refractivity contribution in [2.75, 3.05) is 0 Å². The number of halogens is 4. The lowest BCUT2D eigenvalue weighted by atomic mass is 10.1. The predicted octanol–water partition coefficient (Wildman–Crippen LogP) is 2.90. The van der Waals surface area contributed by atoms with Crippen LogP contribution in [0.25, 0.3) is 0 Å². The zero-order valence-corrected chi connectivity index (χ0v) is 10.9. The molecule has 1 N–H and O–H groups in total. The van der Waals surface area contributed by atoms with Crippen LogP contribution in [0.4, 0.5) is 17.6 Å². The van der Waals surface area contributed by atoms with E-state index in [0.29, 0.717) is 6.92 Å². The Balaban J connectivity index is 2.31. The molecule has 4 nitrogen and oxygen atoms in total. The number of nitrogens with zero attached hydrogens (tertiary/aromatic N) is 2. The molecule has 0 aliphatic heterocycles. The maximum atomic E-state index is 13.3. The molecule has 1 aromatic heterocycles. The third kappa shape index (κ3) is 2.64. The van der Waals surface area contributed by atoms with Crippen LogP contribution >= 0.6 is 0 Å². The molecule has 1 fully saturated rings. The lowest BCUT2D eigenvalue weighted by Gasteiger charge is -2.06. The minimum atomic E-state index is -3.27. The zero-order chi connectivity index (χ0) is 15.2. The van der Waals surface area contributed by atoms with E-state index in [0.717, 1.165) is 4.68 Å². The van der Waals surface area contributed by atoms with Crippen LogP contribution in [0.15, 0.2) is 0 Å². The number of aromatic nitrogens is 2. The van der Waals surface area contributed by atoms with Gasteiger partial charge in [-0.25, -0.2) is 13.6 Å². The van der Waals surface area contributed by atoms with Gasteiger partial charge in [0.1, 0.15) is 11.4 Å². The van der Waals surface area contributed by atoms with Crippen molar-refractivity contribution in [2.45, 2.75) is 39.2 Å². The first kappa shape index (κ1) is 14.8. The van der Waals surface area contributed by atoms with Crippen molar-refractivity contribution in [1.82, 2.24) is 9.78 Å². The fourth-order valence-electron chi connectivity index (χ4n) is 2.38. The molecule has 1 aliphatic rings. The predicted molar refractivity (Wildman–Crippen MR) is 61.1 cm³/mol. The highest BCUT2D eigenvalue weighted by molar-refractivity contribution is 5.87. The number of rotatable bonds is 5. The Morgan fingerprint density at radius 2 is 2.15 bits per heavy atom. The Bertz CT molecular complexity index is 536. The van der Waals surface area contributed by atoms with E-state index in [1.165, 1.54) is 6.92 Å². The van der Waals surface area contributed by atoms with Crippen LogP contribution in [-0.2, 0) is 12.5 Å². The molecule has 0 saturated heterocycles. The lowest BCUT2D eigenvalue weighted by molar-refractivity contribution is 0.0114. The van der Waals surface area contributed by atoms with Crippen molar-refractivity contribution in [3.8, 4) is 0 Å². The van der Waals surface area contributed by atoms with Gasteiger partial charge in [-0.1, -0.05) is 0 Å². The van der Waals surface area contributed by atoms with E-state index in [4.69, 9.17) is 5.11 Å². The third-order valence-corrected chi connectivity index (χ3v) is 3.52. The minimum absolute atomic E-state index is 0.0758. The second-order valence-electron chi connectivity index (χ2n) is 5.19. The fraction of sp³-hybridized carbons (Fsp3) is 0.667. The Hall–Kier alpha value is -1.60. The number of carboxylic acids is 1. The second-order valence-corrected chi connectivity index (χ2v) is 5.19. The molecule has 1 heterocycles. The molecule has 0 radical (unpaired) electrons. The van der Waals surface area contributed by atoms with E-state index >= 15 is 0 Å². The fourth-order valence-corrected chi connectivity index (χ4v) is 2.38. The molecule has 2 rings (SSSR count). The standard InChI is InChI=1S/C12H14F4N2O2/c1-5-8(11(19)20)18(17-9(5)12(2,15)16)4-6-3-7(6)10(13)14/h6-7,10H,3-4H2,1-2H3,(H,19,20)/t6-,7+/m0/s1. The Morgan fingerprint density at radius 1 is 1.55 bits per heavy atom. The van der Waals surface area contributed by atoms with Crippen molar-refractivity contribution < 1.29 is 27.5 Å². The summed E-state index contributed by atoms with van der Waals surface area (Å²) in [4.78, 5) is 11.1. The molecule has 1 aromatic rings. The lowest BCUT2D eigenvalue weighted by Crippen LogP contribution is -2.14. The summed E-state index contributed by atoms with van der Waals surface area (Å²) in [5, 5.41) is 12.7. The van der Waals surface area contributed by atoms with E-state index in [-0.39, 0.29) is 24.2 Å². The van der Waals surface area contributed by atoms with Gasteiger partial charge in [0.15, 0.2) is 0 Å². The Labute approximate surface area is 112 Å². The van der Waals surface area contributed by atoms with Gasteiger partial charge in [-0.2, -0.15) is 13.9 Å². The molecule has 112 valence electrons. The van der Waals surface area contributed by atoms with E-state index in [9.17, 15) is 22.4 Å². The first-order chi connectivity index (χ1) is 9.12. The van der Waals surface area contributed by atoms with Gasteiger partial charge in [0, 0.05) is 24.9 Å². The normalized spacial score (nSPS) is 22.4. The SMILES string of the molecule is Cc1c(C(C)(F)F)nn(C[C@@H]2C[C@H]2C(F)F)c1C(=O)O. The number of carbonyl (C=O) groups is 1. The first-order valence-corrected chi connectivity index (χ1v) is 6.10. The van der Waals surface area contributed by atoms with Crippen LogP contribution < -0.4 is 0 Å². The number of hydrogen-bond acceptors (Lipinski definition) is 2. The van der Waals surface area contributed by atoms with Gasteiger partial charge < -0.3 is 5.11 Å². The van der Waals surface area contributed by atoms with Gasteiger partial charge in [0.2, 0.25) is 6.43 Å². The monoisotopic (exact) mass is 294 g/mol. The average molecular weight is 294 g/mol. The highest BCUT2D eigenvalue weighted by Crippen LogP contribution is 2.44. The summed E-state index contributed by atoms with van der Waals surface area (Å²) in [6, 6.07) is 0. The largest absolute Gasteiger partial charge is 0.477 e. The van der Waals surface area contributed by atoms with Gasteiger partial charge in [-0.05, 0) is 19.3 Å². The van der Waals surface area contributed by atoms with E-state index in [2.05, 4.69) is 5.10 Å². The van der Waals surface area contributed by atoms with Gasteiger partial charge in [0.25, 0.3) is 5.92 Å². The molecule has 0 amide bonds. The summed E-state index contributed by atoms with van der Waals surface area (Å²) in [5.74, 6) is -5.87. The maximum Gasteiger partial charge on any atom is 0.354 e. The molecular weight excluding hydrogens is 280 g/mol. The van der Waals surface area contributed by atoms with Crippen molar-refractivity contribution in [3.63, 3.8) is 0 Å². The van der Waals surface area contributed by atoms with Crippen molar-refractivity contribution in [3.05, 3.63) is 17.0 Å². The maximum absolute atomic E-state index is 13.3. The van der Waals surface area contributed by atoms with Crippen molar-refractivity contribution >= 4 is 5.97 Å². The van der Waals surface area contributed by atoms with Crippen molar-refractivity contribution in [1.29, 1.82) is 0 Å². The van der Waals surface area contributed by atoms with Crippen LogP contribution in [0.2, 0.25) is 0 Å². The van der Waals surface area contributed by atoms with Gasteiger partial charge in [-0.15, -0.1) is 0 Å². The summed E-state index contributed by atoms with van der Waals surface area (Å²) in [7, 11) is 0.